The molecular formula is C16H18N2O3. The van der Waals surface area contributed by atoms with Gasteiger partial charge in [-0.05, 0) is 37.6 Å². The number of carbonyl (C=O) groups excluding carboxylic acids is 1. The van der Waals surface area contributed by atoms with E-state index in [9.17, 15) is 9.90 Å². The van der Waals surface area contributed by atoms with E-state index in [1.54, 1.807) is 24.3 Å². The highest BCUT2D eigenvalue weighted by Crippen LogP contribution is 2.18. The number of aromatic nitrogens is 2. The van der Waals surface area contributed by atoms with E-state index in [1.165, 1.54) is 12.4 Å². The summed E-state index contributed by atoms with van der Waals surface area (Å²) < 4.78 is 5.29. The Morgan fingerprint density at radius 3 is 2.43 bits per heavy atom. The van der Waals surface area contributed by atoms with Crippen molar-refractivity contribution in [3.8, 4) is 17.1 Å². The van der Waals surface area contributed by atoms with Crippen molar-refractivity contribution in [2.24, 2.45) is 0 Å². The molecule has 1 N–H and O–H groups in total. The zero-order chi connectivity index (χ0) is 15.2. The van der Waals surface area contributed by atoms with Gasteiger partial charge in [0.2, 0.25) is 0 Å². The van der Waals surface area contributed by atoms with Crippen LogP contribution in [0.1, 0.15) is 37.0 Å². The molecule has 1 aromatic heterocycles. The van der Waals surface area contributed by atoms with Crippen LogP contribution in [0.4, 0.5) is 0 Å². The van der Waals surface area contributed by atoms with Crippen LogP contribution in [-0.4, -0.2) is 27.1 Å². The molecule has 2 aromatic rings. The molecule has 0 radical (unpaired) electrons. The highest BCUT2D eigenvalue weighted by molar-refractivity contribution is 5.88. The molecule has 1 aromatic carbocycles. The molecule has 0 spiro atoms. The molecule has 0 fully saturated rings. The van der Waals surface area contributed by atoms with E-state index < -0.39 is 5.97 Å². The van der Waals surface area contributed by atoms with Crippen LogP contribution in [-0.2, 0) is 4.74 Å². The molecule has 0 unspecified atom stereocenters. The number of carbonyl (C=O) groups is 1. The molecule has 0 amide bonds. The van der Waals surface area contributed by atoms with Crippen molar-refractivity contribution >= 4 is 5.97 Å². The van der Waals surface area contributed by atoms with Gasteiger partial charge in [-0.15, -0.1) is 0 Å². The number of nitrogens with zero attached hydrogens (tertiary/aromatic N) is 2. The lowest BCUT2D eigenvalue weighted by molar-refractivity contribution is 0.0322. The highest BCUT2D eigenvalue weighted by atomic mass is 16.5. The Kier molecular flexibility index (Phi) is 4.87. The van der Waals surface area contributed by atoms with Gasteiger partial charge in [0.1, 0.15) is 5.75 Å². The van der Waals surface area contributed by atoms with Gasteiger partial charge in [0.25, 0.3) is 0 Å². The number of hydrogen-bond acceptors (Lipinski definition) is 5. The molecule has 21 heavy (non-hydrogen) atoms. The maximum absolute atomic E-state index is 11.9. The number of aromatic hydroxyl groups is 1. The van der Waals surface area contributed by atoms with Crippen molar-refractivity contribution in [2.45, 2.75) is 32.8 Å². The van der Waals surface area contributed by atoms with E-state index in [0.717, 1.165) is 18.4 Å². The monoisotopic (exact) mass is 286 g/mol. The second kappa shape index (κ2) is 6.83. The number of phenolic OH excluding ortho intramolecular Hbond substituents is 1. The van der Waals surface area contributed by atoms with Crippen LogP contribution in [0.3, 0.4) is 0 Å². The Hall–Kier alpha value is -2.43. The largest absolute Gasteiger partial charge is 0.508 e. The Morgan fingerprint density at radius 2 is 1.86 bits per heavy atom. The first-order valence-corrected chi connectivity index (χ1v) is 6.92. The summed E-state index contributed by atoms with van der Waals surface area (Å²) in [6.07, 6.45) is 4.59. The lowest BCUT2D eigenvalue weighted by atomic mass is 10.2. The third kappa shape index (κ3) is 4.02. The fourth-order valence-electron chi connectivity index (χ4n) is 1.91. The van der Waals surface area contributed by atoms with Gasteiger partial charge in [0.05, 0.1) is 11.7 Å². The Labute approximate surface area is 123 Å². The van der Waals surface area contributed by atoms with Gasteiger partial charge in [-0.3, -0.25) is 0 Å². The Morgan fingerprint density at radius 1 is 1.24 bits per heavy atom. The number of benzene rings is 1. The fraction of sp³-hybridized carbons (Fsp3) is 0.312. The highest BCUT2D eigenvalue weighted by Gasteiger charge is 2.13. The van der Waals surface area contributed by atoms with E-state index in [1.807, 2.05) is 13.8 Å². The summed E-state index contributed by atoms with van der Waals surface area (Å²) in [6.45, 7) is 3.91. The summed E-state index contributed by atoms with van der Waals surface area (Å²) in [4.78, 5) is 20.2. The van der Waals surface area contributed by atoms with Gasteiger partial charge in [-0.1, -0.05) is 13.3 Å². The molecule has 0 bridgehead atoms. The summed E-state index contributed by atoms with van der Waals surface area (Å²) in [6, 6.07) is 6.55. The number of rotatable bonds is 5. The van der Waals surface area contributed by atoms with Crippen LogP contribution >= 0.6 is 0 Å². The van der Waals surface area contributed by atoms with Gasteiger partial charge in [-0.25, -0.2) is 14.8 Å². The molecule has 1 heterocycles. The molecule has 110 valence electrons. The predicted octanol–water partition coefficient (Wildman–Crippen LogP) is 3.19. The minimum absolute atomic E-state index is 0.112. The summed E-state index contributed by atoms with van der Waals surface area (Å²) >= 11 is 0. The van der Waals surface area contributed by atoms with Crippen molar-refractivity contribution in [3.05, 3.63) is 42.2 Å². The first-order chi connectivity index (χ1) is 10.1. The van der Waals surface area contributed by atoms with Crippen LogP contribution in [0.2, 0.25) is 0 Å². The molecule has 2 rings (SSSR count). The molecule has 5 nitrogen and oxygen atoms in total. The normalized spacial score (nSPS) is 11.9. The minimum Gasteiger partial charge on any atom is -0.508 e. The molecule has 1 atom stereocenters. The third-order valence-corrected chi connectivity index (χ3v) is 3.02. The number of hydrogen-bond donors (Lipinski definition) is 1. The van der Waals surface area contributed by atoms with Crippen LogP contribution in [0.25, 0.3) is 11.4 Å². The summed E-state index contributed by atoms with van der Waals surface area (Å²) in [5.74, 6) is 0.269. The third-order valence-electron chi connectivity index (χ3n) is 3.02. The second-order valence-corrected chi connectivity index (χ2v) is 4.85. The van der Waals surface area contributed by atoms with Crippen LogP contribution < -0.4 is 0 Å². The van der Waals surface area contributed by atoms with E-state index >= 15 is 0 Å². The van der Waals surface area contributed by atoms with Gasteiger partial charge in [0, 0.05) is 18.0 Å². The van der Waals surface area contributed by atoms with Crippen molar-refractivity contribution in [1.82, 2.24) is 9.97 Å². The standard InChI is InChI=1S/C16H18N2O3/c1-3-4-11(2)21-16(20)13-9-17-15(18-10-13)12-5-7-14(19)8-6-12/h5-11,19H,3-4H2,1-2H3/t11-/m0/s1. The van der Waals surface area contributed by atoms with E-state index in [2.05, 4.69) is 9.97 Å². The van der Waals surface area contributed by atoms with E-state index in [-0.39, 0.29) is 11.9 Å². The quantitative estimate of drug-likeness (QED) is 0.854. The summed E-state index contributed by atoms with van der Waals surface area (Å²) in [7, 11) is 0. The van der Waals surface area contributed by atoms with Crippen molar-refractivity contribution in [1.29, 1.82) is 0 Å². The summed E-state index contributed by atoms with van der Waals surface area (Å²) in [5, 5.41) is 9.25. The molecule has 0 aliphatic rings. The lowest BCUT2D eigenvalue weighted by Gasteiger charge is -2.11. The van der Waals surface area contributed by atoms with Crippen LogP contribution in [0.15, 0.2) is 36.7 Å². The topological polar surface area (TPSA) is 72.3 Å². The zero-order valence-electron chi connectivity index (χ0n) is 12.1. The maximum Gasteiger partial charge on any atom is 0.341 e. The summed E-state index contributed by atoms with van der Waals surface area (Å²) in [5.41, 5.74) is 1.10. The Bertz CT molecular complexity index is 594. The Balaban J connectivity index is 2.08. The number of phenols is 1. The fourth-order valence-corrected chi connectivity index (χ4v) is 1.91. The molecule has 0 aliphatic heterocycles. The van der Waals surface area contributed by atoms with Gasteiger partial charge in [-0.2, -0.15) is 0 Å². The number of ether oxygens (including phenoxy) is 1. The minimum atomic E-state index is -0.409. The maximum atomic E-state index is 11.9. The molecule has 5 heteroatoms. The molecule has 0 saturated carbocycles. The van der Waals surface area contributed by atoms with Crippen molar-refractivity contribution in [3.63, 3.8) is 0 Å². The van der Waals surface area contributed by atoms with E-state index in [0.29, 0.717) is 11.4 Å². The smallest absolute Gasteiger partial charge is 0.341 e. The molecule has 0 aliphatic carbocycles. The van der Waals surface area contributed by atoms with E-state index in [4.69, 9.17) is 4.74 Å². The average molecular weight is 286 g/mol. The molecule has 0 saturated heterocycles. The van der Waals surface area contributed by atoms with Gasteiger partial charge in [0.15, 0.2) is 5.82 Å². The molecular weight excluding hydrogens is 268 g/mol. The zero-order valence-corrected chi connectivity index (χ0v) is 12.1. The average Bonchev–Trinajstić information content (AvgIpc) is 2.48. The van der Waals surface area contributed by atoms with Crippen molar-refractivity contribution in [2.75, 3.05) is 0 Å². The predicted molar refractivity (Wildman–Crippen MR) is 78.9 cm³/mol. The van der Waals surface area contributed by atoms with Crippen molar-refractivity contribution < 1.29 is 14.6 Å². The lowest BCUT2D eigenvalue weighted by Crippen LogP contribution is -2.15. The number of esters is 1. The van der Waals surface area contributed by atoms with Gasteiger partial charge >= 0.3 is 5.97 Å². The van der Waals surface area contributed by atoms with Crippen LogP contribution in [0.5, 0.6) is 5.75 Å². The first-order valence-electron chi connectivity index (χ1n) is 6.92. The van der Waals surface area contributed by atoms with Gasteiger partial charge < -0.3 is 9.84 Å². The first kappa shape index (κ1) is 15.0. The SMILES string of the molecule is CCC[C@H](C)OC(=O)c1cnc(-c2ccc(O)cc2)nc1. The second-order valence-electron chi connectivity index (χ2n) is 4.85. The van der Waals surface area contributed by atoms with Crippen LogP contribution in [0, 0.1) is 0 Å².